The van der Waals surface area contributed by atoms with E-state index < -0.39 is 0 Å². The van der Waals surface area contributed by atoms with E-state index in [1.165, 1.54) is 0 Å². The van der Waals surface area contributed by atoms with Crippen molar-refractivity contribution >= 4 is 23.4 Å². The number of amides is 2. The second-order valence-electron chi connectivity index (χ2n) is 8.77. The van der Waals surface area contributed by atoms with E-state index in [4.69, 9.17) is 16.3 Å². The number of ether oxygens (including phenoxy) is 1. The van der Waals surface area contributed by atoms with Crippen molar-refractivity contribution in [2.75, 3.05) is 26.7 Å². The minimum atomic E-state index is -0.154. The predicted molar refractivity (Wildman–Crippen MR) is 126 cm³/mol. The number of carbonyl (C=O) groups excluding carboxylic acids is 2. The molecule has 2 atom stereocenters. The molecule has 2 saturated heterocycles. The highest BCUT2D eigenvalue weighted by atomic mass is 35.5. The first-order valence-electron chi connectivity index (χ1n) is 11.6. The fourth-order valence-corrected chi connectivity index (χ4v) is 5.04. The Labute approximate surface area is 195 Å². The summed E-state index contributed by atoms with van der Waals surface area (Å²) in [7, 11) is 1.66. The van der Waals surface area contributed by atoms with Gasteiger partial charge in [0.2, 0.25) is 5.91 Å². The van der Waals surface area contributed by atoms with Gasteiger partial charge in [-0.05, 0) is 67.6 Å². The van der Waals surface area contributed by atoms with Crippen LogP contribution in [0.4, 0.5) is 0 Å². The van der Waals surface area contributed by atoms with Crippen molar-refractivity contribution < 1.29 is 14.3 Å². The summed E-state index contributed by atoms with van der Waals surface area (Å²) in [6.45, 7) is 1.94. The van der Waals surface area contributed by atoms with Gasteiger partial charge in [0.15, 0.2) is 0 Å². The van der Waals surface area contributed by atoms with Crippen LogP contribution in [0.3, 0.4) is 0 Å². The Morgan fingerprint density at radius 1 is 0.906 bits per heavy atom. The van der Waals surface area contributed by atoms with Crippen LogP contribution in [0, 0.1) is 5.92 Å². The van der Waals surface area contributed by atoms with Crippen molar-refractivity contribution in [2.45, 2.75) is 44.6 Å². The first kappa shape index (κ1) is 22.7. The van der Waals surface area contributed by atoms with Gasteiger partial charge in [-0.2, -0.15) is 0 Å². The molecule has 6 heteroatoms. The van der Waals surface area contributed by atoms with Crippen LogP contribution in [0.5, 0.6) is 5.75 Å². The van der Waals surface area contributed by atoms with Gasteiger partial charge in [0, 0.05) is 30.2 Å². The Bertz CT molecular complexity index is 929. The average Bonchev–Trinajstić information content (AvgIpc) is 3.10. The maximum atomic E-state index is 13.7. The standard InChI is InChI=1S/C26H31ClN2O3/c1-32-23-14-10-19(11-15-23)24-7-3-2-4-17-29(24)26(31)21-6-5-16-28(18-21)25(30)20-8-12-22(27)13-9-20/h8-15,21,24H,2-7,16-18H2,1H3. The number of nitrogens with zero attached hydrogens (tertiary/aromatic N) is 2. The van der Waals surface area contributed by atoms with Gasteiger partial charge in [0.25, 0.3) is 5.91 Å². The smallest absolute Gasteiger partial charge is 0.253 e. The van der Waals surface area contributed by atoms with Crippen LogP contribution in [0.2, 0.25) is 5.02 Å². The molecule has 2 amide bonds. The average molecular weight is 455 g/mol. The molecular weight excluding hydrogens is 424 g/mol. The van der Waals surface area contributed by atoms with E-state index in [0.717, 1.165) is 56.4 Å². The molecule has 32 heavy (non-hydrogen) atoms. The number of carbonyl (C=O) groups is 2. The molecule has 0 saturated carbocycles. The van der Waals surface area contributed by atoms with Crippen LogP contribution >= 0.6 is 11.6 Å². The fraction of sp³-hybridized carbons (Fsp3) is 0.462. The van der Waals surface area contributed by atoms with Crippen molar-refractivity contribution in [2.24, 2.45) is 5.92 Å². The summed E-state index contributed by atoms with van der Waals surface area (Å²) in [6.07, 6.45) is 5.93. The van der Waals surface area contributed by atoms with Gasteiger partial charge in [0.05, 0.1) is 19.1 Å². The largest absolute Gasteiger partial charge is 0.497 e. The lowest BCUT2D eigenvalue weighted by atomic mass is 9.93. The third-order valence-corrected chi connectivity index (χ3v) is 6.94. The SMILES string of the molecule is COc1ccc(C2CCCCCN2C(=O)C2CCCN(C(=O)c3ccc(Cl)cc3)C2)cc1. The molecule has 4 rings (SSSR count). The summed E-state index contributed by atoms with van der Waals surface area (Å²) >= 11 is 5.97. The van der Waals surface area contributed by atoms with Crippen LogP contribution in [0.15, 0.2) is 48.5 Å². The number of benzene rings is 2. The third-order valence-electron chi connectivity index (χ3n) is 6.69. The van der Waals surface area contributed by atoms with Gasteiger partial charge in [0.1, 0.15) is 5.75 Å². The highest BCUT2D eigenvalue weighted by molar-refractivity contribution is 6.30. The summed E-state index contributed by atoms with van der Waals surface area (Å²) in [5, 5.41) is 0.610. The van der Waals surface area contributed by atoms with E-state index in [0.29, 0.717) is 23.7 Å². The van der Waals surface area contributed by atoms with Gasteiger partial charge < -0.3 is 14.5 Å². The van der Waals surface area contributed by atoms with E-state index in [2.05, 4.69) is 17.0 Å². The Hall–Kier alpha value is -2.53. The summed E-state index contributed by atoms with van der Waals surface area (Å²) < 4.78 is 5.30. The minimum absolute atomic E-state index is 0.0262. The topological polar surface area (TPSA) is 49.9 Å². The van der Waals surface area contributed by atoms with Crippen LogP contribution in [0.1, 0.15) is 60.5 Å². The molecule has 2 aliphatic heterocycles. The normalized spacial score (nSPS) is 21.7. The number of hydrogen-bond acceptors (Lipinski definition) is 3. The van der Waals surface area contributed by atoms with E-state index in [1.807, 2.05) is 17.0 Å². The number of likely N-dealkylation sites (tertiary alicyclic amines) is 2. The van der Waals surface area contributed by atoms with Gasteiger partial charge >= 0.3 is 0 Å². The molecule has 5 nitrogen and oxygen atoms in total. The molecular formula is C26H31ClN2O3. The van der Waals surface area contributed by atoms with Crippen molar-refractivity contribution in [1.82, 2.24) is 9.80 Å². The highest BCUT2D eigenvalue weighted by Crippen LogP contribution is 2.33. The number of piperidine rings is 1. The van der Waals surface area contributed by atoms with E-state index >= 15 is 0 Å². The third kappa shape index (κ3) is 5.09. The number of rotatable bonds is 4. The first-order valence-corrected chi connectivity index (χ1v) is 11.9. The van der Waals surface area contributed by atoms with Crippen LogP contribution < -0.4 is 4.74 Å². The molecule has 0 radical (unpaired) electrons. The van der Waals surface area contributed by atoms with E-state index in [1.54, 1.807) is 31.4 Å². The summed E-state index contributed by atoms with van der Waals surface area (Å²) in [5.41, 5.74) is 1.78. The monoisotopic (exact) mass is 454 g/mol. The van der Waals surface area contributed by atoms with Crippen molar-refractivity contribution in [3.63, 3.8) is 0 Å². The minimum Gasteiger partial charge on any atom is -0.497 e. The molecule has 170 valence electrons. The molecule has 2 aromatic rings. The summed E-state index contributed by atoms with van der Waals surface area (Å²) in [6, 6.07) is 15.1. The summed E-state index contributed by atoms with van der Waals surface area (Å²) in [5.74, 6) is 0.825. The lowest BCUT2D eigenvalue weighted by Gasteiger charge is -2.38. The number of halogens is 1. The van der Waals surface area contributed by atoms with Crippen molar-refractivity contribution in [3.8, 4) is 5.75 Å². The van der Waals surface area contributed by atoms with Crippen LogP contribution in [-0.4, -0.2) is 48.4 Å². The molecule has 2 aromatic carbocycles. The Kier molecular flexibility index (Phi) is 7.36. The first-order chi connectivity index (χ1) is 15.6. The number of methoxy groups -OCH3 is 1. The zero-order valence-electron chi connectivity index (χ0n) is 18.6. The second kappa shape index (κ2) is 10.4. The van der Waals surface area contributed by atoms with Gasteiger partial charge in [-0.15, -0.1) is 0 Å². The summed E-state index contributed by atoms with van der Waals surface area (Å²) in [4.78, 5) is 30.6. The Morgan fingerprint density at radius 3 is 2.38 bits per heavy atom. The fourth-order valence-electron chi connectivity index (χ4n) is 4.92. The highest BCUT2D eigenvalue weighted by Gasteiger charge is 2.35. The molecule has 0 aromatic heterocycles. The molecule has 0 spiro atoms. The van der Waals surface area contributed by atoms with Crippen LogP contribution in [0.25, 0.3) is 0 Å². The molecule has 0 aliphatic carbocycles. The lowest BCUT2D eigenvalue weighted by Crippen LogP contribution is -2.47. The zero-order chi connectivity index (χ0) is 22.5. The van der Waals surface area contributed by atoms with Crippen molar-refractivity contribution in [3.05, 3.63) is 64.7 Å². The maximum absolute atomic E-state index is 13.7. The predicted octanol–water partition coefficient (Wildman–Crippen LogP) is 5.34. The van der Waals surface area contributed by atoms with Gasteiger partial charge in [-0.25, -0.2) is 0 Å². The van der Waals surface area contributed by atoms with Gasteiger partial charge in [-0.3, -0.25) is 9.59 Å². The van der Waals surface area contributed by atoms with E-state index in [-0.39, 0.29) is 23.8 Å². The zero-order valence-corrected chi connectivity index (χ0v) is 19.4. The molecule has 0 N–H and O–H groups in total. The van der Waals surface area contributed by atoms with Gasteiger partial charge in [-0.1, -0.05) is 36.6 Å². The molecule has 2 unspecified atom stereocenters. The molecule has 2 fully saturated rings. The second-order valence-corrected chi connectivity index (χ2v) is 9.20. The van der Waals surface area contributed by atoms with E-state index in [9.17, 15) is 9.59 Å². The Balaban J connectivity index is 1.50. The maximum Gasteiger partial charge on any atom is 0.253 e. The quantitative estimate of drug-likeness (QED) is 0.626. The molecule has 2 heterocycles. The van der Waals surface area contributed by atoms with Crippen molar-refractivity contribution in [1.29, 1.82) is 0 Å². The Morgan fingerprint density at radius 2 is 1.66 bits per heavy atom. The molecule has 2 aliphatic rings. The number of hydrogen-bond donors (Lipinski definition) is 0. The lowest BCUT2D eigenvalue weighted by molar-refractivity contribution is -0.139. The van der Waals surface area contributed by atoms with Crippen LogP contribution in [-0.2, 0) is 4.79 Å². The molecule has 0 bridgehead atoms.